The molecule has 1 atom stereocenters. The molecule has 0 fully saturated rings. The smallest absolute Gasteiger partial charge is 0.211 e. The lowest BCUT2D eigenvalue weighted by Crippen LogP contribution is -2.29. The first-order valence-electron chi connectivity index (χ1n) is 4.23. The first kappa shape index (κ1) is 11.6. The number of hydrogen-bond donors (Lipinski definition) is 2. The highest BCUT2D eigenvalue weighted by atomic mass is 32.3. The van der Waals surface area contributed by atoms with Gasteiger partial charge in [-0.15, -0.1) is 0 Å². The van der Waals surface area contributed by atoms with Crippen LogP contribution in [0.3, 0.4) is 0 Å². The second-order valence-corrected chi connectivity index (χ2v) is 6.16. The van der Waals surface area contributed by atoms with Crippen molar-refractivity contribution in [1.29, 1.82) is 0 Å². The molecule has 0 amide bonds. The number of rotatable bonds is 4. The van der Waals surface area contributed by atoms with Gasteiger partial charge in [-0.25, -0.2) is 13.1 Å². The number of nitrogens with one attached hydrogen (secondary N) is 1. The molecule has 1 rings (SSSR count). The van der Waals surface area contributed by atoms with Gasteiger partial charge in [0.15, 0.2) is 0 Å². The van der Waals surface area contributed by atoms with Gasteiger partial charge >= 0.3 is 0 Å². The molecule has 0 aromatic heterocycles. The van der Waals surface area contributed by atoms with Gasteiger partial charge in [0.2, 0.25) is 10.0 Å². The Labute approximate surface area is 90.0 Å². The molecule has 0 aliphatic heterocycles. The first-order chi connectivity index (χ1) is 6.52. The average molecular weight is 231 g/mol. The van der Waals surface area contributed by atoms with Gasteiger partial charge < -0.3 is 0 Å². The topological polar surface area (TPSA) is 46.2 Å². The molecule has 0 aliphatic carbocycles. The third-order valence-electron chi connectivity index (χ3n) is 1.77. The third kappa shape index (κ3) is 3.32. The Hall–Kier alpha value is -0.520. The van der Waals surface area contributed by atoms with Crippen molar-refractivity contribution in [1.82, 2.24) is 4.72 Å². The molecule has 1 aromatic carbocycles. The Kier molecular flexibility index (Phi) is 3.97. The lowest BCUT2D eigenvalue weighted by atomic mass is 10.2. The molecule has 0 aliphatic rings. The Morgan fingerprint density at radius 3 is 2.43 bits per heavy atom. The first-order valence-corrected chi connectivity index (χ1v) is 6.29. The zero-order chi connectivity index (χ0) is 10.6. The fraction of sp³-hybridized carbons (Fsp3) is 0.333. The van der Waals surface area contributed by atoms with Gasteiger partial charge in [-0.3, -0.25) is 0 Å². The predicted molar refractivity (Wildman–Crippen MR) is 60.6 cm³/mol. The summed E-state index contributed by atoms with van der Waals surface area (Å²) < 4.78 is 24.4. The quantitative estimate of drug-likeness (QED) is 0.769. The fourth-order valence-electron chi connectivity index (χ4n) is 0.900. The van der Waals surface area contributed by atoms with Crippen LogP contribution in [0.15, 0.2) is 30.3 Å². The molecule has 0 heterocycles. The summed E-state index contributed by atoms with van der Waals surface area (Å²) in [6.45, 7) is 1.84. The van der Waals surface area contributed by atoms with E-state index in [2.05, 4.69) is 17.4 Å². The van der Waals surface area contributed by atoms with Crippen molar-refractivity contribution in [3.63, 3.8) is 0 Å². The van der Waals surface area contributed by atoms with E-state index in [0.717, 1.165) is 5.56 Å². The Morgan fingerprint density at radius 2 is 1.93 bits per heavy atom. The van der Waals surface area contributed by atoms with Crippen LogP contribution in [0, 0.1) is 0 Å². The van der Waals surface area contributed by atoms with Crippen LogP contribution >= 0.6 is 12.6 Å². The maximum absolute atomic E-state index is 11.3. The van der Waals surface area contributed by atoms with Gasteiger partial charge in [-0.2, -0.15) is 12.6 Å². The minimum atomic E-state index is -3.28. The summed E-state index contributed by atoms with van der Waals surface area (Å²) in [6.07, 6.45) is 0. The summed E-state index contributed by atoms with van der Waals surface area (Å²) >= 11 is 3.87. The van der Waals surface area contributed by atoms with Crippen LogP contribution in [0.4, 0.5) is 0 Å². The van der Waals surface area contributed by atoms with Gasteiger partial charge in [0.05, 0.1) is 0 Å². The summed E-state index contributed by atoms with van der Waals surface area (Å²) in [5.74, 6) is 0. The van der Waals surface area contributed by atoms with Crippen molar-refractivity contribution in [2.24, 2.45) is 0 Å². The fourth-order valence-corrected chi connectivity index (χ4v) is 1.73. The average Bonchev–Trinajstić information content (AvgIpc) is 2.16. The Morgan fingerprint density at radius 1 is 1.36 bits per heavy atom. The zero-order valence-corrected chi connectivity index (χ0v) is 9.55. The minimum absolute atomic E-state index is 0.314. The highest BCUT2D eigenvalue weighted by Crippen LogP contribution is 2.04. The van der Waals surface area contributed by atoms with Gasteiger partial charge in [0.1, 0.15) is 4.58 Å². The number of thiol groups is 1. The molecule has 14 heavy (non-hydrogen) atoms. The summed E-state index contributed by atoms with van der Waals surface area (Å²) in [5, 5.41) is 0. The Balaban J connectivity index is 2.58. The number of hydrogen-bond acceptors (Lipinski definition) is 3. The Bertz CT molecular complexity index is 373. The van der Waals surface area contributed by atoms with E-state index >= 15 is 0 Å². The van der Waals surface area contributed by atoms with Crippen molar-refractivity contribution in [2.75, 3.05) is 0 Å². The molecule has 0 saturated heterocycles. The standard InChI is InChI=1S/C9H13NO2S2/c1-8(13)14(11,12)10-7-9-5-3-2-4-6-9/h2-6,8,10,13H,7H2,1H3. The summed E-state index contributed by atoms with van der Waals surface area (Å²) in [4.78, 5) is 0. The van der Waals surface area contributed by atoms with Crippen molar-refractivity contribution in [3.05, 3.63) is 35.9 Å². The molecular weight excluding hydrogens is 218 g/mol. The lowest BCUT2D eigenvalue weighted by Gasteiger charge is -2.08. The van der Waals surface area contributed by atoms with Crippen molar-refractivity contribution >= 4 is 22.7 Å². The summed E-state index contributed by atoms with van der Waals surface area (Å²) in [5.41, 5.74) is 0.935. The SMILES string of the molecule is CC(S)S(=O)(=O)NCc1ccccc1. The van der Waals surface area contributed by atoms with Crippen molar-refractivity contribution in [2.45, 2.75) is 18.1 Å². The van der Waals surface area contributed by atoms with E-state index < -0.39 is 14.6 Å². The van der Waals surface area contributed by atoms with Crippen LogP contribution in [0.1, 0.15) is 12.5 Å². The number of sulfonamides is 1. The highest BCUT2D eigenvalue weighted by Gasteiger charge is 2.15. The van der Waals surface area contributed by atoms with E-state index in [1.54, 1.807) is 0 Å². The molecule has 0 bridgehead atoms. The number of benzene rings is 1. The molecule has 1 N–H and O–H groups in total. The molecule has 1 aromatic rings. The normalized spacial score (nSPS) is 13.9. The maximum Gasteiger partial charge on any atom is 0.223 e. The molecule has 0 radical (unpaired) electrons. The molecule has 78 valence electrons. The summed E-state index contributed by atoms with van der Waals surface area (Å²) in [6, 6.07) is 9.36. The molecule has 3 nitrogen and oxygen atoms in total. The second kappa shape index (κ2) is 4.82. The highest BCUT2D eigenvalue weighted by molar-refractivity contribution is 8.03. The zero-order valence-electron chi connectivity index (χ0n) is 7.84. The lowest BCUT2D eigenvalue weighted by molar-refractivity contribution is 0.580. The van der Waals surface area contributed by atoms with E-state index in [1.807, 2.05) is 30.3 Å². The second-order valence-electron chi connectivity index (χ2n) is 2.95. The molecule has 5 heteroatoms. The van der Waals surface area contributed by atoms with Gasteiger partial charge in [-0.1, -0.05) is 30.3 Å². The molecular formula is C9H13NO2S2. The van der Waals surface area contributed by atoms with E-state index in [-0.39, 0.29) is 0 Å². The van der Waals surface area contributed by atoms with Crippen LogP contribution < -0.4 is 4.72 Å². The van der Waals surface area contributed by atoms with Crippen molar-refractivity contribution < 1.29 is 8.42 Å². The maximum atomic E-state index is 11.3. The van der Waals surface area contributed by atoms with Gasteiger partial charge in [0, 0.05) is 6.54 Å². The largest absolute Gasteiger partial charge is 0.223 e. The van der Waals surface area contributed by atoms with E-state index in [1.165, 1.54) is 6.92 Å². The van der Waals surface area contributed by atoms with Crippen LogP contribution in [0.5, 0.6) is 0 Å². The molecule has 0 saturated carbocycles. The van der Waals surface area contributed by atoms with E-state index in [9.17, 15) is 8.42 Å². The third-order valence-corrected chi connectivity index (χ3v) is 4.05. The van der Waals surface area contributed by atoms with Gasteiger partial charge in [0.25, 0.3) is 0 Å². The summed E-state index contributed by atoms with van der Waals surface area (Å²) in [7, 11) is -3.28. The van der Waals surface area contributed by atoms with Crippen LogP contribution in [0.2, 0.25) is 0 Å². The predicted octanol–water partition coefficient (Wildman–Crippen LogP) is 1.38. The molecule has 0 spiro atoms. The van der Waals surface area contributed by atoms with E-state index in [0.29, 0.717) is 6.54 Å². The van der Waals surface area contributed by atoms with E-state index in [4.69, 9.17) is 0 Å². The van der Waals surface area contributed by atoms with Gasteiger partial charge in [-0.05, 0) is 12.5 Å². The van der Waals surface area contributed by atoms with Crippen LogP contribution in [-0.4, -0.2) is 13.0 Å². The monoisotopic (exact) mass is 231 g/mol. The van der Waals surface area contributed by atoms with Crippen molar-refractivity contribution in [3.8, 4) is 0 Å². The van der Waals surface area contributed by atoms with Crippen LogP contribution in [-0.2, 0) is 16.6 Å². The minimum Gasteiger partial charge on any atom is -0.211 e. The van der Waals surface area contributed by atoms with Crippen LogP contribution in [0.25, 0.3) is 0 Å². The molecule has 1 unspecified atom stereocenters.